The summed E-state index contributed by atoms with van der Waals surface area (Å²) in [7, 11) is 1.62. The van der Waals surface area contributed by atoms with E-state index in [1.54, 1.807) is 23.8 Å². The molecule has 2 amide bonds. The van der Waals surface area contributed by atoms with Crippen molar-refractivity contribution in [1.82, 2.24) is 10.2 Å². The van der Waals surface area contributed by atoms with E-state index in [4.69, 9.17) is 16.3 Å². The van der Waals surface area contributed by atoms with Crippen LogP contribution in [0.15, 0.2) is 53.4 Å². The lowest BCUT2D eigenvalue weighted by atomic mass is 10.1. The van der Waals surface area contributed by atoms with Crippen LogP contribution < -0.4 is 10.1 Å². The summed E-state index contributed by atoms with van der Waals surface area (Å²) in [4.78, 5) is 29.0. The highest BCUT2D eigenvalue weighted by molar-refractivity contribution is 7.99. The minimum atomic E-state index is -0.498. The molecule has 0 bridgehead atoms. The first-order valence-electron chi connectivity index (χ1n) is 11.4. The van der Waals surface area contributed by atoms with Gasteiger partial charge in [-0.15, -0.1) is 11.8 Å². The first-order valence-corrected chi connectivity index (χ1v) is 12.8. The van der Waals surface area contributed by atoms with Crippen LogP contribution in [0.5, 0.6) is 5.75 Å². The van der Waals surface area contributed by atoms with Gasteiger partial charge in [0.1, 0.15) is 11.8 Å². The molecule has 33 heavy (non-hydrogen) atoms. The molecule has 0 aliphatic heterocycles. The van der Waals surface area contributed by atoms with Gasteiger partial charge in [0.25, 0.3) is 0 Å². The number of amides is 2. The number of carbonyl (C=O) groups is 2. The lowest BCUT2D eigenvalue weighted by Gasteiger charge is -2.31. The molecule has 7 heteroatoms. The minimum absolute atomic E-state index is 0.00549. The maximum absolute atomic E-state index is 13.3. The van der Waals surface area contributed by atoms with Crippen molar-refractivity contribution in [2.24, 2.45) is 5.92 Å². The molecule has 0 aliphatic rings. The number of nitrogens with one attached hydrogen (secondary N) is 1. The van der Waals surface area contributed by atoms with Crippen molar-refractivity contribution in [3.05, 3.63) is 59.1 Å². The molecule has 0 spiro atoms. The summed E-state index contributed by atoms with van der Waals surface area (Å²) in [6.07, 6.45) is 1.69. The molecule has 0 saturated heterocycles. The van der Waals surface area contributed by atoms with E-state index >= 15 is 0 Å². The van der Waals surface area contributed by atoms with Crippen molar-refractivity contribution in [2.45, 2.75) is 57.5 Å². The Bertz CT molecular complexity index is 872. The fraction of sp³-hybridized carbons (Fsp3) is 0.462. The Morgan fingerprint density at radius 2 is 1.76 bits per heavy atom. The average Bonchev–Trinajstić information content (AvgIpc) is 2.81. The predicted octanol–water partition coefficient (Wildman–Crippen LogP) is 5.80. The van der Waals surface area contributed by atoms with Crippen LogP contribution in [0.2, 0.25) is 5.02 Å². The van der Waals surface area contributed by atoms with Crippen molar-refractivity contribution in [2.75, 3.05) is 19.4 Å². The van der Waals surface area contributed by atoms with Gasteiger partial charge < -0.3 is 15.0 Å². The van der Waals surface area contributed by atoms with Crippen molar-refractivity contribution >= 4 is 35.2 Å². The third-order valence-electron chi connectivity index (χ3n) is 5.20. The molecular formula is C26H35ClN2O3S. The third-order valence-corrected chi connectivity index (χ3v) is 6.55. The largest absolute Gasteiger partial charge is 0.497 e. The molecule has 2 rings (SSSR count). The van der Waals surface area contributed by atoms with E-state index in [2.05, 4.69) is 19.2 Å². The number of methoxy groups -OCH3 is 1. The SMILES string of the molecule is CCC(C(=O)NCC(C)C)N(Cc1ccc(OC)cc1)C(=O)CCCSc1ccc(Cl)cc1. The van der Waals surface area contributed by atoms with Gasteiger partial charge in [-0.05, 0) is 66.5 Å². The van der Waals surface area contributed by atoms with E-state index < -0.39 is 6.04 Å². The number of hydrogen-bond donors (Lipinski definition) is 1. The highest BCUT2D eigenvalue weighted by atomic mass is 35.5. The first-order chi connectivity index (χ1) is 15.8. The number of nitrogens with zero attached hydrogens (tertiary/aromatic N) is 1. The summed E-state index contributed by atoms with van der Waals surface area (Å²) in [5.74, 6) is 1.83. The van der Waals surface area contributed by atoms with E-state index in [0.717, 1.165) is 28.4 Å². The lowest BCUT2D eigenvalue weighted by Crippen LogP contribution is -2.49. The molecule has 1 N–H and O–H groups in total. The molecule has 5 nitrogen and oxygen atoms in total. The van der Waals surface area contributed by atoms with E-state index in [0.29, 0.717) is 36.9 Å². The van der Waals surface area contributed by atoms with E-state index in [-0.39, 0.29) is 11.8 Å². The molecule has 2 aromatic carbocycles. The van der Waals surface area contributed by atoms with Gasteiger partial charge in [0.05, 0.1) is 7.11 Å². The molecule has 0 aliphatic carbocycles. The number of rotatable bonds is 13. The van der Waals surface area contributed by atoms with Gasteiger partial charge in [0.15, 0.2) is 0 Å². The van der Waals surface area contributed by atoms with Gasteiger partial charge in [-0.2, -0.15) is 0 Å². The second kappa shape index (κ2) is 14.2. The van der Waals surface area contributed by atoms with Crippen LogP contribution in [-0.4, -0.2) is 42.2 Å². The van der Waals surface area contributed by atoms with Gasteiger partial charge in [-0.3, -0.25) is 9.59 Å². The maximum Gasteiger partial charge on any atom is 0.242 e. The minimum Gasteiger partial charge on any atom is -0.497 e. The number of halogens is 1. The number of benzene rings is 2. The van der Waals surface area contributed by atoms with Crippen molar-refractivity contribution < 1.29 is 14.3 Å². The zero-order chi connectivity index (χ0) is 24.2. The van der Waals surface area contributed by atoms with Crippen molar-refractivity contribution in [3.63, 3.8) is 0 Å². The van der Waals surface area contributed by atoms with Crippen LogP contribution in [0.3, 0.4) is 0 Å². The average molecular weight is 491 g/mol. The first kappa shape index (κ1) is 27.1. The molecule has 0 fully saturated rings. The summed E-state index contributed by atoms with van der Waals surface area (Å²) in [5.41, 5.74) is 0.967. The Morgan fingerprint density at radius 3 is 2.33 bits per heavy atom. The van der Waals surface area contributed by atoms with E-state index in [9.17, 15) is 9.59 Å². The normalized spacial score (nSPS) is 11.8. The number of hydrogen-bond acceptors (Lipinski definition) is 4. The van der Waals surface area contributed by atoms with Gasteiger partial charge in [0, 0.05) is 29.4 Å². The molecular weight excluding hydrogens is 456 g/mol. The van der Waals surface area contributed by atoms with Gasteiger partial charge >= 0.3 is 0 Å². The lowest BCUT2D eigenvalue weighted by molar-refractivity contribution is -0.141. The zero-order valence-electron chi connectivity index (χ0n) is 20.0. The fourth-order valence-corrected chi connectivity index (χ4v) is 4.34. The standard InChI is InChI=1S/C26H35ClN2O3S/c1-5-24(26(31)28-17-19(2)3)29(18-20-8-12-22(32-4)13-9-20)25(30)7-6-16-33-23-14-10-21(27)11-15-23/h8-15,19,24H,5-7,16-18H2,1-4H3,(H,28,31). The Hall–Kier alpha value is -2.18. The van der Waals surface area contributed by atoms with Crippen molar-refractivity contribution in [1.29, 1.82) is 0 Å². The third kappa shape index (κ3) is 9.30. The predicted molar refractivity (Wildman–Crippen MR) is 137 cm³/mol. The maximum atomic E-state index is 13.3. The quantitative estimate of drug-likeness (QED) is 0.285. The molecule has 2 aromatic rings. The number of ether oxygens (including phenoxy) is 1. The smallest absolute Gasteiger partial charge is 0.242 e. The van der Waals surface area contributed by atoms with Crippen LogP contribution in [0.4, 0.5) is 0 Å². The summed E-state index contributed by atoms with van der Waals surface area (Å²) in [5, 5.41) is 3.71. The molecule has 0 aromatic heterocycles. The van der Waals surface area contributed by atoms with Crippen LogP contribution in [0.1, 0.15) is 45.6 Å². The van der Waals surface area contributed by atoms with Gasteiger partial charge in [0.2, 0.25) is 11.8 Å². The van der Waals surface area contributed by atoms with Crippen LogP contribution in [0.25, 0.3) is 0 Å². The molecule has 0 heterocycles. The van der Waals surface area contributed by atoms with Crippen LogP contribution >= 0.6 is 23.4 Å². The Balaban J connectivity index is 2.05. The summed E-state index contributed by atoms with van der Waals surface area (Å²) < 4.78 is 5.24. The highest BCUT2D eigenvalue weighted by Crippen LogP contribution is 2.22. The second-order valence-electron chi connectivity index (χ2n) is 8.34. The van der Waals surface area contributed by atoms with Gasteiger partial charge in [-0.25, -0.2) is 0 Å². The Morgan fingerprint density at radius 1 is 1.09 bits per heavy atom. The molecule has 1 atom stereocenters. The fourth-order valence-electron chi connectivity index (χ4n) is 3.36. The summed E-state index contributed by atoms with van der Waals surface area (Å²) in [6.45, 7) is 7.04. The van der Waals surface area contributed by atoms with Gasteiger partial charge in [-0.1, -0.05) is 44.5 Å². The second-order valence-corrected chi connectivity index (χ2v) is 9.94. The number of carbonyl (C=O) groups excluding carboxylic acids is 2. The Labute approximate surface area is 207 Å². The van der Waals surface area contributed by atoms with E-state index in [1.807, 2.05) is 55.5 Å². The molecule has 180 valence electrons. The Kier molecular flexibility index (Phi) is 11.6. The monoisotopic (exact) mass is 490 g/mol. The van der Waals surface area contributed by atoms with Crippen molar-refractivity contribution in [3.8, 4) is 5.75 Å². The summed E-state index contributed by atoms with van der Waals surface area (Å²) in [6, 6.07) is 14.8. The molecule has 0 radical (unpaired) electrons. The zero-order valence-corrected chi connectivity index (χ0v) is 21.5. The highest BCUT2D eigenvalue weighted by Gasteiger charge is 2.28. The number of thioether (sulfide) groups is 1. The van der Waals surface area contributed by atoms with Crippen LogP contribution in [-0.2, 0) is 16.1 Å². The van der Waals surface area contributed by atoms with E-state index in [1.165, 1.54) is 0 Å². The topological polar surface area (TPSA) is 58.6 Å². The molecule has 1 unspecified atom stereocenters. The molecule has 0 saturated carbocycles. The van der Waals surface area contributed by atoms with Crippen LogP contribution in [0, 0.1) is 5.92 Å². The summed E-state index contributed by atoms with van der Waals surface area (Å²) >= 11 is 7.64.